The summed E-state index contributed by atoms with van der Waals surface area (Å²) >= 11 is 3.32. The predicted molar refractivity (Wildman–Crippen MR) is 112 cm³/mol. The molecule has 150 valence electrons. The number of ether oxygens (including phenoxy) is 1. The highest BCUT2D eigenvalue weighted by molar-refractivity contribution is 9.10. The van der Waals surface area contributed by atoms with Crippen LogP contribution in [0.3, 0.4) is 0 Å². The molecule has 2 aromatic rings. The van der Waals surface area contributed by atoms with Crippen LogP contribution >= 0.6 is 15.9 Å². The zero-order chi connectivity index (χ0) is 20.1. The van der Waals surface area contributed by atoms with Gasteiger partial charge in [0.1, 0.15) is 10.6 Å². The van der Waals surface area contributed by atoms with Crippen LogP contribution in [0.5, 0.6) is 5.75 Å². The second-order valence-electron chi connectivity index (χ2n) is 6.79. The number of hydrogen-bond acceptors (Lipinski definition) is 4. The maximum absolute atomic E-state index is 12.9. The molecule has 1 saturated carbocycles. The van der Waals surface area contributed by atoms with Gasteiger partial charge in [0.25, 0.3) is 15.9 Å². The van der Waals surface area contributed by atoms with E-state index in [1.165, 1.54) is 25.7 Å². The highest BCUT2D eigenvalue weighted by atomic mass is 79.9. The second kappa shape index (κ2) is 8.96. The molecule has 0 saturated heterocycles. The standard InChI is InChI=1S/C20H23BrN2O4S/c1-27-18-12-7-14(20(24)22-16-5-3-2-4-6-16)13-19(18)28(25,26)23-17-10-8-15(21)9-11-17/h7-13,16,23H,2-6H2,1H3,(H,22,24). The van der Waals surface area contributed by atoms with E-state index in [0.29, 0.717) is 11.3 Å². The summed E-state index contributed by atoms with van der Waals surface area (Å²) in [6.07, 6.45) is 5.31. The lowest BCUT2D eigenvalue weighted by Gasteiger charge is -2.23. The van der Waals surface area contributed by atoms with Gasteiger partial charge in [-0.3, -0.25) is 9.52 Å². The molecular formula is C20H23BrN2O4S. The molecule has 0 unspecified atom stereocenters. The van der Waals surface area contributed by atoms with Gasteiger partial charge in [-0.05, 0) is 55.3 Å². The van der Waals surface area contributed by atoms with Crippen molar-refractivity contribution in [1.82, 2.24) is 5.32 Å². The fourth-order valence-corrected chi connectivity index (χ4v) is 4.79. The van der Waals surface area contributed by atoms with Crippen LogP contribution < -0.4 is 14.8 Å². The summed E-state index contributed by atoms with van der Waals surface area (Å²) in [5, 5.41) is 3.01. The van der Waals surface area contributed by atoms with Crippen molar-refractivity contribution in [2.45, 2.75) is 43.0 Å². The number of methoxy groups -OCH3 is 1. The van der Waals surface area contributed by atoms with E-state index in [1.54, 1.807) is 30.3 Å². The van der Waals surface area contributed by atoms with E-state index in [2.05, 4.69) is 26.0 Å². The van der Waals surface area contributed by atoms with Gasteiger partial charge < -0.3 is 10.1 Å². The van der Waals surface area contributed by atoms with Crippen LogP contribution in [0.25, 0.3) is 0 Å². The lowest BCUT2D eigenvalue weighted by Crippen LogP contribution is -2.36. The first-order valence-electron chi connectivity index (χ1n) is 9.16. The maximum atomic E-state index is 12.9. The number of hydrogen-bond donors (Lipinski definition) is 2. The molecule has 3 rings (SSSR count). The molecule has 28 heavy (non-hydrogen) atoms. The molecule has 1 aliphatic rings. The fourth-order valence-electron chi connectivity index (χ4n) is 3.27. The summed E-state index contributed by atoms with van der Waals surface area (Å²) in [5.74, 6) is -0.0894. The highest BCUT2D eigenvalue weighted by Gasteiger charge is 2.23. The van der Waals surface area contributed by atoms with E-state index < -0.39 is 10.0 Å². The van der Waals surface area contributed by atoms with Gasteiger partial charge in [-0.2, -0.15) is 0 Å². The third-order valence-corrected chi connectivity index (χ3v) is 6.68. The van der Waals surface area contributed by atoms with Crippen LogP contribution in [0.4, 0.5) is 5.69 Å². The molecule has 2 aromatic carbocycles. The molecule has 0 bridgehead atoms. The highest BCUT2D eigenvalue weighted by Crippen LogP contribution is 2.28. The quantitative estimate of drug-likeness (QED) is 0.663. The van der Waals surface area contributed by atoms with Crippen molar-refractivity contribution in [2.24, 2.45) is 0 Å². The molecule has 0 aliphatic heterocycles. The fraction of sp³-hybridized carbons (Fsp3) is 0.350. The Labute approximate surface area is 173 Å². The zero-order valence-electron chi connectivity index (χ0n) is 15.6. The van der Waals surface area contributed by atoms with E-state index in [9.17, 15) is 13.2 Å². The minimum atomic E-state index is -3.93. The van der Waals surface area contributed by atoms with Crippen LogP contribution in [0.1, 0.15) is 42.5 Å². The largest absolute Gasteiger partial charge is 0.495 e. The third kappa shape index (κ3) is 5.05. The summed E-state index contributed by atoms with van der Waals surface area (Å²) in [7, 11) is -2.53. The van der Waals surface area contributed by atoms with Gasteiger partial charge in [0, 0.05) is 21.8 Å². The van der Waals surface area contributed by atoms with Crippen LogP contribution in [0, 0.1) is 0 Å². The van der Waals surface area contributed by atoms with Crippen LogP contribution in [0.15, 0.2) is 51.8 Å². The number of sulfonamides is 1. The number of carbonyl (C=O) groups is 1. The van der Waals surface area contributed by atoms with E-state index >= 15 is 0 Å². The minimum Gasteiger partial charge on any atom is -0.495 e. The summed E-state index contributed by atoms with van der Waals surface area (Å²) in [5.41, 5.74) is 0.713. The number of rotatable bonds is 6. The first kappa shape index (κ1) is 20.7. The summed E-state index contributed by atoms with van der Waals surface area (Å²) < 4.78 is 34.4. The number of nitrogens with one attached hydrogen (secondary N) is 2. The first-order valence-corrected chi connectivity index (χ1v) is 11.4. The average molecular weight is 467 g/mol. The number of benzene rings is 2. The molecular weight excluding hydrogens is 444 g/mol. The molecule has 6 nitrogen and oxygen atoms in total. The van der Waals surface area contributed by atoms with Crippen molar-refractivity contribution in [2.75, 3.05) is 11.8 Å². The Hall–Kier alpha value is -2.06. The van der Waals surface area contributed by atoms with E-state index in [4.69, 9.17) is 4.74 Å². The predicted octanol–water partition coefficient (Wildman–Crippen LogP) is 4.32. The minimum absolute atomic E-state index is 0.0748. The lowest BCUT2D eigenvalue weighted by atomic mass is 9.95. The van der Waals surface area contributed by atoms with E-state index in [-0.39, 0.29) is 22.6 Å². The van der Waals surface area contributed by atoms with Crippen molar-refractivity contribution in [3.8, 4) is 5.75 Å². The Morgan fingerprint density at radius 2 is 1.75 bits per heavy atom. The Balaban J connectivity index is 1.85. The zero-order valence-corrected chi connectivity index (χ0v) is 18.0. The van der Waals surface area contributed by atoms with Crippen molar-refractivity contribution in [3.63, 3.8) is 0 Å². The van der Waals surface area contributed by atoms with Crippen molar-refractivity contribution in [1.29, 1.82) is 0 Å². The molecule has 0 aromatic heterocycles. The van der Waals surface area contributed by atoms with Gasteiger partial charge in [-0.1, -0.05) is 35.2 Å². The summed E-state index contributed by atoms with van der Waals surface area (Å²) in [6, 6.07) is 11.4. The average Bonchev–Trinajstić information content (AvgIpc) is 2.70. The molecule has 0 heterocycles. The Kier molecular flexibility index (Phi) is 6.61. The Bertz CT molecular complexity index is 939. The van der Waals surface area contributed by atoms with Crippen molar-refractivity contribution >= 4 is 37.5 Å². The smallest absolute Gasteiger partial charge is 0.265 e. The van der Waals surface area contributed by atoms with Gasteiger partial charge in [0.2, 0.25) is 0 Å². The van der Waals surface area contributed by atoms with Gasteiger partial charge in [-0.15, -0.1) is 0 Å². The van der Waals surface area contributed by atoms with Gasteiger partial charge >= 0.3 is 0 Å². The molecule has 2 N–H and O–H groups in total. The molecule has 0 spiro atoms. The van der Waals surface area contributed by atoms with Gasteiger partial charge in [0.05, 0.1) is 7.11 Å². The molecule has 1 amide bonds. The van der Waals surface area contributed by atoms with Gasteiger partial charge in [0.15, 0.2) is 0 Å². The number of carbonyl (C=O) groups excluding carboxylic acids is 1. The Morgan fingerprint density at radius 1 is 1.07 bits per heavy atom. The normalized spacial score (nSPS) is 15.1. The van der Waals surface area contributed by atoms with Crippen LogP contribution in [-0.2, 0) is 10.0 Å². The van der Waals surface area contributed by atoms with E-state index in [1.807, 2.05) is 0 Å². The molecule has 0 radical (unpaired) electrons. The monoisotopic (exact) mass is 466 g/mol. The van der Waals surface area contributed by atoms with E-state index in [0.717, 1.165) is 30.2 Å². The maximum Gasteiger partial charge on any atom is 0.265 e. The number of halogens is 1. The van der Waals surface area contributed by atoms with Crippen LogP contribution in [-0.4, -0.2) is 27.5 Å². The summed E-state index contributed by atoms with van der Waals surface area (Å²) in [4.78, 5) is 12.5. The molecule has 1 aliphatic carbocycles. The topological polar surface area (TPSA) is 84.5 Å². The molecule has 1 fully saturated rings. The SMILES string of the molecule is COc1ccc(C(=O)NC2CCCCC2)cc1S(=O)(=O)Nc1ccc(Br)cc1. The second-order valence-corrected chi connectivity index (χ2v) is 9.35. The summed E-state index contributed by atoms with van der Waals surface area (Å²) in [6.45, 7) is 0. The van der Waals surface area contributed by atoms with Crippen LogP contribution in [0.2, 0.25) is 0 Å². The third-order valence-electron chi connectivity index (χ3n) is 4.75. The molecule has 8 heteroatoms. The Morgan fingerprint density at radius 3 is 2.39 bits per heavy atom. The number of anilines is 1. The lowest BCUT2D eigenvalue weighted by molar-refractivity contribution is 0.0927. The number of amides is 1. The van der Waals surface area contributed by atoms with Crippen molar-refractivity contribution in [3.05, 3.63) is 52.5 Å². The van der Waals surface area contributed by atoms with Gasteiger partial charge in [-0.25, -0.2) is 8.42 Å². The molecule has 0 atom stereocenters. The van der Waals surface area contributed by atoms with Crippen molar-refractivity contribution < 1.29 is 17.9 Å². The first-order chi connectivity index (χ1) is 13.4.